The van der Waals surface area contributed by atoms with Crippen LogP contribution >= 0.6 is 11.3 Å². The van der Waals surface area contributed by atoms with Gasteiger partial charge in [-0.2, -0.15) is 0 Å². The van der Waals surface area contributed by atoms with Crippen molar-refractivity contribution in [3.8, 4) is 0 Å². The number of aromatic nitrogens is 1. The van der Waals surface area contributed by atoms with E-state index in [1.807, 2.05) is 30.5 Å². The number of carbonyl (C=O) groups is 1. The van der Waals surface area contributed by atoms with E-state index in [4.69, 9.17) is 0 Å². The second kappa shape index (κ2) is 7.16. The van der Waals surface area contributed by atoms with Gasteiger partial charge in [-0.25, -0.2) is 13.1 Å². The van der Waals surface area contributed by atoms with Gasteiger partial charge in [0.15, 0.2) is 0 Å². The summed E-state index contributed by atoms with van der Waals surface area (Å²) in [5.74, 6) is -0.352. The van der Waals surface area contributed by atoms with E-state index in [-0.39, 0.29) is 16.7 Å². The Morgan fingerprint density at radius 1 is 1.17 bits per heavy atom. The molecule has 0 aliphatic heterocycles. The van der Waals surface area contributed by atoms with Gasteiger partial charge in [0.05, 0.1) is 6.54 Å². The van der Waals surface area contributed by atoms with Crippen LogP contribution in [-0.4, -0.2) is 32.4 Å². The molecule has 3 N–H and O–H groups in total. The summed E-state index contributed by atoms with van der Waals surface area (Å²) in [6.07, 6.45) is 2.60. The second-order valence-electron chi connectivity index (χ2n) is 5.22. The van der Waals surface area contributed by atoms with Crippen LogP contribution < -0.4 is 10.0 Å². The second-order valence-corrected chi connectivity index (χ2v) is 8.16. The molecule has 0 saturated carbocycles. The molecule has 2 aromatic heterocycles. The Balaban J connectivity index is 1.48. The van der Waals surface area contributed by atoms with Crippen molar-refractivity contribution >= 4 is 38.2 Å². The van der Waals surface area contributed by atoms with Crippen molar-refractivity contribution < 1.29 is 13.2 Å². The Hall–Kier alpha value is -2.16. The minimum atomic E-state index is -3.61. The highest BCUT2D eigenvalue weighted by Gasteiger charge is 2.16. The molecule has 2 heterocycles. The van der Waals surface area contributed by atoms with Crippen LogP contribution in [0.3, 0.4) is 0 Å². The molecule has 0 saturated heterocycles. The lowest BCUT2D eigenvalue weighted by Crippen LogP contribution is -2.37. The fourth-order valence-electron chi connectivity index (χ4n) is 2.39. The molecule has 126 valence electrons. The molecule has 1 aromatic carbocycles. The minimum absolute atomic E-state index is 0.203. The normalized spacial score (nSPS) is 11.7. The molecule has 0 aliphatic carbocycles. The Morgan fingerprint density at radius 2 is 2.00 bits per heavy atom. The van der Waals surface area contributed by atoms with Crippen molar-refractivity contribution in [3.05, 3.63) is 53.5 Å². The van der Waals surface area contributed by atoms with Crippen LogP contribution in [0.25, 0.3) is 10.9 Å². The van der Waals surface area contributed by atoms with Gasteiger partial charge >= 0.3 is 0 Å². The van der Waals surface area contributed by atoms with Gasteiger partial charge < -0.3 is 10.3 Å². The number of sulfonamides is 1. The van der Waals surface area contributed by atoms with Gasteiger partial charge in [0, 0.05) is 23.6 Å². The number of hydrogen-bond donors (Lipinski definition) is 3. The Labute approximate surface area is 144 Å². The van der Waals surface area contributed by atoms with Crippen molar-refractivity contribution in [2.24, 2.45) is 0 Å². The molecule has 0 unspecified atom stereocenters. The topological polar surface area (TPSA) is 91.1 Å². The number of hydrogen-bond acceptors (Lipinski definition) is 4. The van der Waals surface area contributed by atoms with E-state index >= 15 is 0 Å². The third-order valence-electron chi connectivity index (χ3n) is 3.57. The summed E-state index contributed by atoms with van der Waals surface area (Å²) in [6, 6.07) is 11.1. The van der Waals surface area contributed by atoms with Crippen LogP contribution in [0.2, 0.25) is 0 Å². The third-order valence-corrected chi connectivity index (χ3v) is 6.37. The summed E-state index contributed by atoms with van der Waals surface area (Å²) in [5, 5.41) is 5.53. The highest BCUT2D eigenvalue weighted by molar-refractivity contribution is 7.91. The van der Waals surface area contributed by atoms with Crippen LogP contribution in [-0.2, 0) is 21.2 Å². The zero-order valence-corrected chi connectivity index (χ0v) is 14.4. The van der Waals surface area contributed by atoms with Crippen molar-refractivity contribution in [2.75, 3.05) is 13.1 Å². The van der Waals surface area contributed by atoms with Gasteiger partial charge in [0.1, 0.15) is 4.21 Å². The number of thiophene rings is 1. The highest BCUT2D eigenvalue weighted by Crippen LogP contribution is 2.17. The first-order chi connectivity index (χ1) is 11.6. The van der Waals surface area contributed by atoms with Crippen molar-refractivity contribution in [3.63, 3.8) is 0 Å². The fraction of sp³-hybridized carbons (Fsp3) is 0.188. The predicted molar refractivity (Wildman–Crippen MR) is 94.5 cm³/mol. The number of amides is 1. The number of fused-ring (bicyclic) bond motifs is 1. The maximum absolute atomic E-state index is 11.9. The lowest BCUT2D eigenvalue weighted by Gasteiger charge is -2.06. The maximum atomic E-state index is 11.9. The van der Waals surface area contributed by atoms with Gasteiger partial charge in [-0.3, -0.25) is 4.79 Å². The van der Waals surface area contributed by atoms with Gasteiger partial charge in [-0.15, -0.1) is 11.3 Å². The summed E-state index contributed by atoms with van der Waals surface area (Å²) < 4.78 is 26.3. The number of H-pyrrole nitrogens is 1. The van der Waals surface area contributed by atoms with Crippen LogP contribution in [0.15, 0.2) is 52.2 Å². The molecule has 6 nitrogen and oxygen atoms in total. The monoisotopic (exact) mass is 363 g/mol. The first kappa shape index (κ1) is 16.7. The lowest BCUT2D eigenvalue weighted by molar-refractivity contribution is -0.119. The molecular formula is C16H17N3O3S2. The lowest BCUT2D eigenvalue weighted by atomic mass is 10.1. The van der Waals surface area contributed by atoms with E-state index in [9.17, 15) is 13.2 Å². The summed E-state index contributed by atoms with van der Waals surface area (Å²) >= 11 is 1.11. The van der Waals surface area contributed by atoms with Crippen molar-refractivity contribution in [1.82, 2.24) is 15.0 Å². The average Bonchev–Trinajstić information content (AvgIpc) is 3.24. The molecule has 0 radical (unpaired) electrons. The molecule has 3 aromatic rings. The number of aromatic amines is 1. The average molecular weight is 363 g/mol. The SMILES string of the molecule is O=C(CNS(=O)(=O)c1cccs1)NCCc1c[nH]c2ccccc12. The molecule has 8 heteroatoms. The Bertz CT molecular complexity index is 931. The largest absolute Gasteiger partial charge is 0.361 e. The summed E-state index contributed by atoms with van der Waals surface area (Å²) in [7, 11) is -3.61. The van der Waals surface area contributed by atoms with Crippen LogP contribution in [0.4, 0.5) is 0 Å². The quantitative estimate of drug-likeness (QED) is 0.598. The van der Waals surface area contributed by atoms with Gasteiger partial charge in [0.2, 0.25) is 5.91 Å². The zero-order valence-electron chi connectivity index (χ0n) is 12.8. The number of nitrogens with one attached hydrogen (secondary N) is 3. The fourth-order valence-corrected chi connectivity index (χ4v) is 4.41. The predicted octanol–water partition coefficient (Wildman–Crippen LogP) is 1.87. The molecule has 24 heavy (non-hydrogen) atoms. The van der Waals surface area contributed by atoms with Crippen molar-refractivity contribution in [1.29, 1.82) is 0 Å². The molecule has 0 atom stereocenters. The number of para-hydroxylation sites is 1. The van der Waals surface area contributed by atoms with Gasteiger partial charge in [0.25, 0.3) is 10.0 Å². The molecule has 3 rings (SSSR count). The van der Waals surface area contributed by atoms with E-state index < -0.39 is 10.0 Å². The molecule has 0 spiro atoms. The minimum Gasteiger partial charge on any atom is -0.361 e. The Kier molecular flexibility index (Phi) is 4.98. The standard InChI is InChI=1S/C16H17N3O3S2/c20-15(11-19-24(21,22)16-6-3-9-23-16)17-8-7-12-10-18-14-5-2-1-4-13(12)14/h1-6,9-10,18-19H,7-8,11H2,(H,17,20). The first-order valence-electron chi connectivity index (χ1n) is 7.41. The maximum Gasteiger partial charge on any atom is 0.250 e. The Morgan fingerprint density at radius 3 is 2.79 bits per heavy atom. The molecule has 0 bridgehead atoms. The number of benzene rings is 1. The first-order valence-corrected chi connectivity index (χ1v) is 9.77. The van der Waals surface area contributed by atoms with E-state index in [1.165, 1.54) is 6.07 Å². The molecule has 1 amide bonds. The smallest absolute Gasteiger partial charge is 0.250 e. The van der Waals surface area contributed by atoms with Gasteiger partial charge in [-0.05, 0) is 29.5 Å². The highest BCUT2D eigenvalue weighted by atomic mass is 32.2. The van der Waals surface area contributed by atoms with E-state index in [1.54, 1.807) is 11.4 Å². The zero-order chi connectivity index (χ0) is 17.0. The molecule has 0 fully saturated rings. The van der Waals surface area contributed by atoms with Crippen LogP contribution in [0.1, 0.15) is 5.56 Å². The van der Waals surface area contributed by atoms with E-state index in [2.05, 4.69) is 15.0 Å². The summed E-state index contributed by atoms with van der Waals surface area (Å²) in [4.78, 5) is 15.0. The van der Waals surface area contributed by atoms with Crippen LogP contribution in [0.5, 0.6) is 0 Å². The number of carbonyl (C=O) groups excluding carboxylic acids is 1. The number of rotatable bonds is 7. The summed E-state index contributed by atoms with van der Waals surface area (Å²) in [6.45, 7) is 0.176. The van der Waals surface area contributed by atoms with E-state index in [0.717, 1.165) is 27.8 Å². The van der Waals surface area contributed by atoms with Crippen LogP contribution in [0, 0.1) is 0 Å². The third kappa shape index (κ3) is 3.84. The van der Waals surface area contributed by atoms with E-state index in [0.29, 0.717) is 13.0 Å². The van der Waals surface area contributed by atoms with Crippen molar-refractivity contribution in [2.45, 2.75) is 10.6 Å². The molecule has 0 aliphatic rings. The summed E-state index contributed by atoms with van der Waals surface area (Å²) in [5.41, 5.74) is 2.17. The molecular weight excluding hydrogens is 346 g/mol. The van der Waals surface area contributed by atoms with Gasteiger partial charge in [-0.1, -0.05) is 24.3 Å².